The quantitative estimate of drug-likeness (QED) is 0.398. The van der Waals surface area contributed by atoms with Gasteiger partial charge in [0, 0.05) is 25.0 Å². The molecule has 31 heavy (non-hydrogen) atoms. The second-order valence-electron chi connectivity index (χ2n) is 5.35. The fourth-order valence-electron chi connectivity index (χ4n) is 2.36. The van der Waals surface area contributed by atoms with E-state index >= 15 is 0 Å². The normalized spacial score (nSPS) is 8.90. The average molecular weight is 474 g/mol. The molecule has 0 fully saturated rings. The largest absolute Gasteiger partial charge is 2.00 e. The third-order valence-corrected chi connectivity index (χ3v) is 3.62. The number of hydrogen-bond acceptors (Lipinski definition) is 8. The third-order valence-electron chi connectivity index (χ3n) is 3.62. The van der Waals surface area contributed by atoms with Gasteiger partial charge < -0.3 is 30.0 Å². The summed E-state index contributed by atoms with van der Waals surface area (Å²) in [4.78, 5) is 28.8. The summed E-state index contributed by atoms with van der Waals surface area (Å²) in [5, 5.41) is 36.8. The van der Waals surface area contributed by atoms with Crippen LogP contribution in [0, 0.1) is 0 Å². The molecular formula is C22H20N2O6Zn. The van der Waals surface area contributed by atoms with Crippen LogP contribution in [0.15, 0.2) is 72.8 Å². The summed E-state index contributed by atoms with van der Waals surface area (Å²) < 4.78 is 0. The summed E-state index contributed by atoms with van der Waals surface area (Å²) in [6, 6.07) is 21.0. The minimum atomic E-state index is -1.24. The van der Waals surface area contributed by atoms with Crippen molar-refractivity contribution in [1.29, 1.82) is 0 Å². The van der Waals surface area contributed by atoms with Crippen LogP contribution in [-0.2, 0) is 19.5 Å². The molecule has 0 amide bonds. The van der Waals surface area contributed by atoms with Crippen LogP contribution in [0.4, 0.5) is 0 Å². The number of pyridine rings is 2. The summed E-state index contributed by atoms with van der Waals surface area (Å²) >= 11 is 0. The third kappa shape index (κ3) is 8.18. The SMILES string of the molecule is CO.CO.O=C([O-])c1ccc2ccccc2n1.O=C([O-])c1ccc2ccccc2n1.[Zn+2]. The summed E-state index contributed by atoms with van der Waals surface area (Å²) in [6.45, 7) is 0. The number of aliphatic hydroxyl groups is 2. The molecule has 4 aromatic rings. The molecule has 2 heterocycles. The van der Waals surface area contributed by atoms with Crippen LogP contribution >= 0.6 is 0 Å². The van der Waals surface area contributed by atoms with Gasteiger partial charge in [0.2, 0.25) is 0 Å². The first-order valence-electron chi connectivity index (χ1n) is 8.58. The number of para-hydroxylation sites is 2. The molecule has 0 radical (unpaired) electrons. The monoisotopic (exact) mass is 472 g/mol. The van der Waals surface area contributed by atoms with Crippen molar-refractivity contribution in [3.05, 3.63) is 84.2 Å². The molecule has 2 aromatic carbocycles. The molecule has 0 atom stereocenters. The number of carboxylic acids is 2. The van der Waals surface area contributed by atoms with Gasteiger partial charge in [0.25, 0.3) is 0 Å². The first kappa shape index (κ1) is 27.7. The number of hydrogen-bond donors (Lipinski definition) is 2. The standard InChI is InChI=1S/2C10H7NO2.2CH4O.Zn/c2*12-10(13)9-6-5-7-3-1-2-4-8(7)11-9;2*1-2;/h2*1-6H,(H,12,13);2*2H,1H3;/q;;;;+2/p-2. The molecule has 9 heteroatoms. The summed E-state index contributed by atoms with van der Waals surface area (Å²) in [7, 11) is 2.00. The maximum Gasteiger partial charge on any atom is 2.00 e. The molecule has 2 N–H and O–H groups in total. The molecule has 156 valence electrons. The Morgan fingerprint density at radius 1 is 0.613 bits per heavy atom. The first-order valence-corrected chi connectivity index (χ1v) is 8.58. The Balaban J connectivity index is 0.000000487. The van der Waals surface area contributed by atoms with Gasteiger partial charge in [-0.1, -0.05) is 48.5 Å². The number of aromatic carboxylic acids is 2. The minimum Gasteiger partial charge on any atom is -0.543 e. The average Bonchev–Trinajstić information content (AvgIpc) is 2.81. The summed E-state index contributed by atoms with van der Waals surface area (Å²) in [6.07, 6.45) is 0. The van der Waals surface area contributed by atoms with Gasteiger partial charge in [-0.3, -0.25) is 0 Å². The number of carbonyl (C=O) groups excluding carboxylic acids is 2. The number of fused-ring (bicyclic) bond motifs is 2. The van der Waals surface area contributed by atoms with Gasteiger partial charge in [0.1, 0.15) is 0 Å². The van der Waals surface area contributed by atoms with Crippen molar-refractivity contribution >= 4 is 33.7 Å². The van der Waals surface area contributed by atoms with E-state index < -0.39 is 11.9 Å². The van der Waals surface area contributed by atoms with E-state index in [0.717, 1.165) is 25.0 Å². The number of carbonyl (C=O) groups is 2. The van der Waals surface area contributed by atoms with Gasteiger partial charge in [0.05, 0.1) is 34.4 Å². The maximum absolute atomic E-state index is 10.5. The summed E-state index contributed by atoms with van der Waals surface area (Å²) in [5.74, 6) is -2.49. The molecule has 0 aliphatic carbocycles. The fraction of sp³-hybridized carbons (Fsp3) is 0.0909. The van der Waals surface area contributed by atoms with Crippen molar-refractivity contribution in [2.75, 3.05) is 14.2 Å². The van der Waals surface area contributed by atoms with Crippen molar-refractivity contribution < 1.29 is 49.5 Å². The van der Waals surface area contributed by atoms with Crippen LogP contribution in [-0.4, -0.2) is 46.3 Å². The van der Waals surface area contributed by atoms with Gasteiger partial charge in [-0.05, 0) is 24.3 Å². The van der Waals surface area contributed by atoms with Crippen LogP contribution in [0.5, 0.6) is 0 Å². The fourth-order valence-corrected chi connectivity index (χ4v) is 2.36. The van der Waals surface area contributed by atoms with Crippen LogP contribution in [0.1, 0.15) is 21.0 Å². The predicted molar refractivity (Wildman–Crippen MR) is 108 cm³/mol. The van der Waals surface area contributed by atoms with E-state index in [1.54, 1.807) is 24.3 Å². The molecule has 0 bridgehead atoms. The molecule has 0 unspecified atom stereocenters. The molecule has 8 nitrogen and oxygen atoms in total. The Hall–Kier alpha value is -3.26. The van der Waals surface area contributed by atoms with E-state index in [9.17, 15) is 19.8 Å². The van der Waals surface area contributed by atoms with Gasteiger partial charge >= 0.3 is 19.5 Å². The van der Waals surface area contributed by atoms with E-state index in [0.29, 0.717) is 11.0 Å². The van der Waals surface area contributed by atoms with Crippen molar-refractivity contribution in [2.45, 2.75) is 0 Å². The number of aliphatic hydroxyl groups excluding tert-OH is 2. The van der Waals surface area contributed by atoms with Crippen LogP contribution in [0.2, 0.25) is 0 Å². The smallest absolute Gasteiger partial charge is 0.543 e. The van der Waals surface area contributed by atoms with Gasteiger partial charge in [0.15, 0.2) is 0 Å². The van der Waals surface area contributed by atoms with Crippen LogP contribution < -0.4 is 10.2 Å². The Labute approximate surface area is 191 Å². The van der Waals surface area contributed by atoms with Gasteiger partial charge in [-0.15, -0.1) is 0 Å². The summed E-state index contributed by atoms with van der Waals surface area (Å²) in [5.41, 5.74) is 1.28. The van der Waals surface area contributed by atoms with Crippen molar-refractivity contribution in [3.8, 4) is 0 Å². The zero-order valence-corrected chi connectivity index (χ0v) is 20.0. The molecule has 0 saturated carbocycles. The van der Waals surface area contributed by atoms with E-state index in [4.69, 9.17) is 10.2 Å². The zero-order chi connectivity index (χ0) is 22.5. The molecule has 0 saturated heterocycles. The molecule has 0 spiro atoms. The Bertz CT molecular complexity index is 1030. The van der Waals surface area contributed by atoms with Crippen LogP contribution in [0.3, 0.4) is 0 Å². The molecule has 0 aliphatic rings. The number of nitrogens with zero attached hydrogens (tertiary/aromatic N) is 2. The van der Waals surface area contributed by atoms with E-state index in [-0.39, 0.29) is 30.9 Å². The predicted octanol–water partition coefficient (Wildman–Crippen LogP) is 0.411. The molecule has 2 aromatic heterocycles. The number of rotatable bonds is 2. The topological polar surface area (TPSA) is 146 Å². The first-order chi connectivity index (χ1) is 14.5. The van der Waals surface area contributed by atoms with Gasteiger partial charge in [-0.2, -0.15) is 0 Å². The second kappa shape index (κ2) is 14.7. The van der Waals surface area contributed by atoms with E-state index in [2.05, 4.69) is 9.97 Å². The number of benzene rings is 2. The Kier molecular flexibility index (Phi) is 13.1. The molecular weight excluding hydrogens is 454 g/mol. The molecule has 0 aliphatic heterocycles. The van der Waals surface area contributed by atoms with E-state index in [1.165, 1.54) is 12.1 Å². The Morgan fingerprint density at radius 3 is 1.26 bits per heavy atom. The maximum atomic E-state index is 10.5. The zero-order valence-electron chi connectivity index (χ0n) is 17.1. The number of carboxylic acid groups (broad SMARTS) is 2. The van der Waals surface area contributed by atoms with Crippen molar-refractivity contribution in [3.63, 3.8) is 0 Å². The van der Waals surface area contributed by atoms with Crippen molar-refractivity contribution in [1.82, 2.24) is 9.97 Å². The molecule has 4 rings (SSSR count). The minimum absolute atomic E-state index is 0. The van der Waals surface area contributed by atoms with Crippen LogP contribution in [0.25, 0.3) is 21.8 Å². The van der Waals surface area contributed by atoms with Gasteiger partial charge in [-0.25, -0.2) is 9.97 Å². The van der Waals surface area contributed by atoms with E-state index in [1.807, 2.05) is 36.4 Å². The van der Waals surface area contributed by atoms with Crippen molar-refractivity contribution in [2.24, 2.45) is 0 Å². The number of aromatic nitrogens is 2. The Morgan fingerprint density at radius 2 is 0.935 bits per heavy atom. The second-order valence-corrected chi connectivity index (χ2v) is 5.35.